The van der Waals surface area contributed by atoms with Crippen molar-refractivity contribution in [3.63, 3.8) is 0 Å². The summed E-state index contributed by atoms with van der Waals surface area (Å²) in [5.74, 6) is 0. The first-order valence-corrected chi connectivity index (χ1v) is 6.41. The van der Waals surface area contributed by atoms with E-state index in [2.05, 4.69) is 0 Å². The Morgan fingerprint density at radius 3 is 2.52 bits per heavy atom. The lowest BCUT2D eigenvalue weighted by Gasteiger charge is -2.27. The molecule has 0 aliphatic carbocycles. The first kappa shape index (κ1) is 15.8. The van der Waals surface area contributed by atoms with E-state index in [-0.39, 0.29) is 22.9 Å². The largest absolute Gasteiger partial charge is 0.418 e. The number of alkyl halides is 3. The fourth-order valence-corrected chi connectivity index (χ4v) is 2.82. The Kier molecular flexibility index (Phi) is 3.79. The minimum atomic E-state index is -4.73. The Hall–Kier alpha value is -1.54. The van der Waals surface area contributed by atoms with Crippen molar-refractivity contribution in [3.05, 3.63) is 32.8 Å². The maximum atomic E-state index is 12.8. The van der Waals surface area contributed by atoms with Crippen molar-refractivity contribution in [2.75, 3.05) is 18.0 Å². The van der Waals surface area contributed by atoms with Gasteiger partial charge in [-0.3, -0.25) is 10.1 Å². The number of halogens is 4. The summed E-state index contributed by atoms with van der Waals surface area (Å²) in [6.45, 7) is 0.850. The highest BCUT2D eigenvalue weighted by Crippen LogP contribution is 2.42. The lowest BCUT2D eigenvalue weighted by molar-refractivity contribution is -0.384. The molecule has 0 bridgehead atoms. The Morgan fingerprint density at radius 2 is 2.10 bits per heavy atom. The average molecular weight is 325 g/mol. The van der Waals surface area contributed by atoms with E-state index in [9.17, 15) is 28.4 Å². The number of nitro groups is 1. The number of aryl methyl sites for hydroxylation is 1. The van der Waals surface area contributed by atoms with Crippen molar-refractivity contribution in [3.8, 4) is 0 Å². The van der Waals surface area contributed by atoms with Gasteiger partial charge in [0.15, 0.2) is 5.60 Å². The van der Waals surface area contributed by atoms with E-state index in [0.29, 0.717) is 5.56 Å². The van der Waals surface area contributed by atoms with E-state index in [0.717, 1.165) is 6.07 Å². The van der Waals surface area contributed by atoms with Crippen LogP contribution in [0.1, 0.15) is 12.0 Å². The highest BCUT2D eigenvalue weighted by atomic mass is 35.5. The summed E-state index contributed by atoms with van der Waals surface area (Å²) in [6.07, 6.45) is -5.20. The van der Waals surface area contributed by atoms with Crippen LogP contribution < -0.4 is 4.90 Å². The fraction of sp³-hybridized carbons (Fsp3) is 0.500. The number of rotatable bonds is 2. The number of hydrogen-bond acceptors (Lipinski definition) is 4. The van der Waals surface area contributed by atoms with Crippen LogP contribution >= 0.6 is 11.6 Å². The molecule has 1 aromatic carbocycles. The van der Waals surface area contributed by atoms with Gasteiger partial charge in [-0.2, -0.15) is 13.2 Å². The molecule has 1 aromatic rings. The number of β-amino-alcohol motifs (C(OH)–C–C–N with tert-alkyl or cyclic N) is 1. The molecule has 0 radical (unpaired) electrons. The number of aliphatic hydroxyl groups is 1. The fourth-order valence-electron chi connectivity index (χ4n) is 2.44. The molecule has 2 rings (SSSR count). The third kappa shape index (κ3) is 2.77. The topological polar surface area (TPSA) is 66.6 Å². The summed E-state index contributed by atoms with van der Waals surface area (Å²) in [4.78, 5) is 11.4. The van der Waals surface area contributed by atoms with Crippen LogP contribution in [0.15, 0.2) is 12.1 Å². The summed E-state index contributed by atoms with van der Waals surface area (Å²) in [5.41, 5.74) is -2.35. The Labute approximate surface area is 123 Å². The van der Waals surface area contributed by atoms with Crippen LogP contribution in [0, 0.1) is 17.0 Å². The molecule has 1 aliphatic heterocycles. The zero-order valence-corrected chi connectivity index (χ0v) is 11.7. The molecule has 1 heterocycles. The molecule has 9 heteroatoms. The predicted molar refractivity (Wildman–Crippen MR) is 70.7 cm³/mol. The molecule has 1 unspecified atom stereocenters. The quantitative estimate of drug-likeness (QED) is 0.670. The van der Waals surface area contributed by atoms with Gasteiger partial charge in [0.25, 0.3) is 5.69 Å². The van der Waals surface area contributed by atoms with Crippen molar-refractivity contribution in [2.45, 2.75) is 25.1 Å². The number of benzene rings is 1. The van der Waals surface area contributed by atoms with E-state index in [4.69, 9.17) is 11.6 Å². The van der Waals surface area contributed by atoms with Gasteiger partial charge in [0.05, 0.1) is 22.2 Å². The van der Waals surface area contributed by atoms with Gasteiger partial charge in [-0.05, 0) is 12.5 Å². The Balaban J connectivity index is 2.35. The van der Waals surface area contributed by atoms with Crippen LogP contribution in [-0.4, -0.2) is 34.9 Å². The summed E-state index contributed by atoms with van der Waals surface area (Å²) in [7, 11) is 0. The van der Waals surface area contributed by atoms with E-state index < -0.39 is 29.7 Å². The van der Waals surface area contributed by atoms with E-state index in [1.165, 1.54) is 17.9 Å². The van der Waals surface area contributed by atoms with Crippen LogP contribution in [0.3, 0.4) is 0 Å². The van der Waals surface area contributed by atoms with Crippen LogP contribution in [-0.2, 0) is 0 Å². The highest BCUT2D eigenvalue weighted by molar-refractivity contribution is 6.33. The van der Waals surface area contributed by atoms with Gasteiger partial charge >= 0.3 is 6.18 Å². The number of anilines is 1. The van der Waals surface area contributed by atoms with Crippen molar-refractivity contribution in [1.29, 1.82) is 0 Å². The minimum absolute atomic E-state index is 0.00637. The number of hydrogen-bond donors (Lipinski definition) is 1. The first-order valence-electron chi connectivity index (χ1n) is 6.04. The summed E-state index contributed by atoms with van der Waals surface area (Å²) >= 11 is 5.96. The molecular formula is C12H12ClF3N2O3. The van der Waals surface area contributed by atoms with E-state index in [1.54, 1.807) is 0 Å². The van der Waals surface area contributed by atoms with Gasteiger partial charge in [-0.1, -0.05) is 11.6 Å². The zero-order valence-electron chi connectivity index (χ0n) is 10.9. The standard InChI is InChI=1S/C12H12ClF3N2O3/c1-7-4-8(18(20)21)5-9(13)10(7)17-3-2-11(19,6-17)12(14,15)16/h4-5,19H,2-3,6H2,1H3. The van der Waals surface area contributed by atoms with Gasteiger partial charge in [0.2, 0.25) is 0 Å². The predicted octanol–water partition coefficient (Wildman–Crippen LogP) is 3.06. The first-order chi connectivity index (χ1) is 9.55. The smallest absolute Gasteiger partial charge is 0.379 e. The molecule has 0 spiro atoms. The van der Waals surface area contributed by atoms with Crippen LogP contribution in [0.25, 0.3) is 0 Å². The number of nitrogens with zero attached hydrogens (tertiary/aromatic N) is 2. The van der Waals surface area contributed by atoms with Crippen molar-refractivity contribution >= 4 is 23.0 Å². The van der Waals surface area contributed by atoms with Gasteiger partial charge in [0.1, 0.15) is 0 Å². The number of nitro benzene ring substituents is 1. The Morgan fingerprint density at radius 1 is 1.48 bits per heavy atom. The van der Waals surface area contributed by atoms with Crippen LogP contribution in [0.2, 0.25) is 5.02 Å². The third-order valence-electron chi connectivity index (χ3n) is 3.54. The molecule has 1 N–H and O–H groups in total. The van der Waals surface area contributed by atoms with Gasteiger partial charge in [-0.15, -0.1) is 0 Å². The molecule has 1 aliphatic rings. The molecule has 21 heavy (non-hydrogen) atoms. The second kappa shape index (κ2) is 5.03. The molecule has 1 fully saturated rings. The zero-order chi connectivity index (χ0) is 16.0. The lowest BCUT2D eigenvalue weighted by atomic mass is 10.0. The van der Waals surface area contributed by atoms with Gasteiger partial charge in [0, 0.05) is 25.1 Å². The number of non-ortho nitro benzene ring substituents is 1. The van der Waals surface area contributed by atoms with Gasteiger partial charge < -0.3 is 10.0 Å². The average Bonchev–Trinajstić information content (AvgIpc) is 2.71. The SMILES string of the molecule is Cc1cc([N+](=O)[O-])cc(Cl)c1N1CCC(O)(C(F)(F)F)C1. The molecule has 1 atom stereocenters. The van der Waals surface area contributed by atoms with Crippen LogP contribution in [0.5, 0.6) is 0 Å². The molecule has 1 saturated heterocycles. The van der Waals surface area contributed by atoms with Crippen LogP contribution in [0.4, 0.5) is 24.5 Å². The highest BCUT2D eigenvalue weighted by Gasteiger charge is 2.57. The second-order valence-corrected chi connectivity index (χ2v) is 5.46. The normalized spacial score (nSPS) is 22.7. The van der Waals surface area contributed by atoms with Gasteiger partial charge in [-0.25, -0.2) is 0 Å². The molecular weight excluding hydrogens is 313 g/mol. The maximum Gasteiger partial charge on any atom is 0.418 e. The molecule has 0 aromatic heterocycles. The minimum Gasteiger partial charge on any atom is -0.379 e. The van der Waals surface area contributed by atoms with E-state index in [1.807, 2.05) is 0 Å². The maximum absolute atomic E-state index is 12.8. The molecule has 0 amide bonds. The van der Waals surface area contributed by atoms with E-state index >= 15 is 0 Å². The monoisotopic (exact) mass is 324 g/mol. The lowest BCUT2D eigenvalue weighted by Crippen LogP contribution is -2.47. The van der Waals surface area contributed by atoms with Crippen molar-refractivity contribution in [1.82, 2.24) is 0 Å². The molecule has 5 nitrogen and oxygen atoms in total. The summed E-state index contributed by atoms with van der Waals surface area (Å²) < 4.78 is 38.4. The summed E-state index contributed by atoms with van der Waals surface area (Å²) in [5, 5.41) is 20.4. The van der Waals surface area contributed by atoms with Crippen molar-refractivity contribution in [2.24, 2.45) is 0 Å². The second-order valence-electron chi connectivity index (χ2n) is 5.05. The Bertz CT molecular complexity index is 571. The van der Waals surface area contributed by atoms with Crippen molar-refractivity contribution < 1.29 is 23.2 Å². The molecule has 116 valence electrons. The molecule has 0 saturated carbocycles. The third-order valence-corrected chi connectivity index (χ3v) is 3.83. The summed E-state index contributed by atoms with van der Waals surface area (Å²) in [6, 6.07) is 2.33.